The Bertz CT molecular complexity index is 1320. The molecule has 10 unspecified atom stereocenters. The number of Topliss-reactive ketones (excluding diaryl/α,β-unsaturated/α-hetero) is 3. The number of hydrogen-bond donors (Lipinski definition) is 3. The standard InChI is InChI=1S/C40H62O9/c1-23(2)27-20-31(42)25(4)12-10-9-11-13-30(41)28-19-26(5)36-29(40(28,22-32(27)43)37(45)48-8)18-24(3)14-15-34-38(6,46)17-16-35(49-34)39(7,47)21-33(36)44/h18,23,25,27-29,33-35,44,46-47H,9-17,19-22H2,1-8H3. The lowest BCUT2D eigenvalue weighted by atomic mass is 9.53. The number of methoxy groups -OCH3 is 1. The maximum absolute atomic E-state index is 14.6. The number of allylic oxidation sites excluding steroid dienone is 3. The number of ether oxygens (including phenoxy) is 2. The molecule has 0 aromatic heterocycles. The lowest BCUT2D eigenvalue weighted by Crippen LogP contribution is -2.57. The van der Waals surface area contributed by atoms with Crippen molar-refractivity contribution in [3.05, 3.63) is 22.8 Å². The van der Waals surface area contributed by atoms with Gasteiger partial charge in [0.2, 0.25) is 0 Å². The van der Waals surface area contributed by atoms with Crippen LogP contribution < -0.4 is 0 Å². The van der Waals surface area contributed by atoms with Crippen molar-refractivity contribution >= 4 is 23.3 Å². The third-order valence-corrected chi connectivity index (χ3v) is 12.5. The summed E-state index contributed by atoms with van der Waals surface area (Å²) in [7, 11) is 1.28. The molecular weight excluding hydrogens is 624 g/mol. The molecule has 0 aromatic carbocycles. The van der Waals surface area contributed by atoms with Gasteiger partial charge in [0, 0.05) is 49.4 Å². The van der Waals surface area contributed by atoms with Crippen LogP contribution >= 0.6 is 0 Å². The molecule has 2 bridgehead atoms. The molecule has 0 radical (unpaired) electrons. The van der Waals surface area contributed by atoms with Gasteiger partial charge >= 0.3 is 5.97 Å². The van der Waals surface area contributed by atoms with E-state index >= 15 is 0 Å². The maximum Gasteiger partial charge on any atom is 0.313 e. The molecule has 2 fully saturated rings. The van der Waals surface area contributed by atoms with Gasteiger partial charge in [0.15, 0.2) is 0 Å². The first-order valence-electron chi connectivity index (χ1n) is 18.7. The van der Waals surface area contributed by atoms with Crippen LogP contribution in [-0.2, 0) is 28.7 Å². The highest BCUT2D eigenvalue weighted by atomic mass is 16.5. The molecule has 10 atom stereocenters. The summed E-state index contributed by atoms with van der Waals surface area (Å²) >= 11 is 0. The van der Waals surface area contributed by atoms with E-state index in [2.05, 4.69) is 0 Å². The van der Waals surface area contributed by atoms with Crippen LogP contribution in [0.3, 0.4) is 0 Å². The summed E-state index contributed by atoms with van der Waals surface area (Å²) in [5.41, 5.74) is -2.10. The highest BCUT2D eigenvalue weighted by Gasteiger charge is 2.60. The zero-order valence-corrected chi connectivity index (χ0v) is 31.2. The predicted octanol–water partition coefficient (Wildman–Crippen LogP) is 6.00. The molecular formula is C40H62O9. The van der Waals surface area contributed by atoms with Crippen LogP contribution in [0.15, 0.2) is 22.8 Å². The second kappa shape index (κ2) is 15.6. The number of aliphatic hydroxyl groups is 3. The van der Waals surface area contributed by atoms with E-state index in [4.69, 9.17) is 9.47 Å². The Hall–Kier alpha value is -2.20. The molecule has 0 spiro atoms. The summed E-state index contributed by atoms with van der Waals surface area (Å²) in [6.45, 7) is 12.9. The van der Waals surface area contributed by atoms with Crippen molar-refractivity contribution in [1.29, 1.82) is 0 Å². The molecule has 9 heteroatoms. The highest BCUT2D eigenvalue weighted by Crippen LogP contribution is 2.56. The van der Waals surface area contributed by atoms with Crippen LogP contribution in [0.5, 0.6) is 0 Å². The van der Waals surface area contributed by atoms with Gasteiger partial charge in [-0.15, -0.1) is 0 Å². The molecule has 1 saturated heterocycles. The van der Waals surface area contributed by atoms with Crippen molar-refractivity contribution < 1.29 is 44.0 Å². The number of fused-ring (bicyclic) bond motifs is 5. The van der Waals surface area contributed by atoms with Crippen molar-refractivity contribution in [2.24, 2.45) is 35.0 Å². The van der Waals surface area contributed by atoms with Gasteiger partial charge in [-0.25, -0.2) is 0 Å². The number of ketones is 3. The maximum atomic E-state index is 14.6. The molecule has 3 N–H and O–H groups in total. The first-order valence-corrected chi connectivity index (χ1v) is 18.7. The van der Waals surface area contributed by atoms with E-state index in [9.17, 15) is 34.5 Å². The molecule has 49 heavy (non-hydrogen) atoms. The van der Waals surface area contributed by atoms with Gasteiger partial charge in [-0.3, -0.25) is 19.2 Å². The summed E-state index contributed by atoms with van der Waals surface area (Å²) in [6.07, 6.45) is 4.25. The van der Waals surface area contributed by atoms with E-state index < -0.39 is 58.7 Å². The third kappa shape index (κ3) is 8.31. The van der Waals surface area contributed by atoms with Gasteiger partial charge in [-0.2, -0.15) is 0 Å². The minimum atomic E-state index is -1.67. The number of esters is 1. The Kier molecular flexibility index (Phi) is 12.6. The zero-order valence-electron chi connectivity index (χ0n) is 31.2. The van der Waals surface area contributed by atoms with Gasteiger partial charge in [0.1, 0.15) is 17.3 Å². The first kappa shape index (κ1) is 39.6. The smallest absolute Gasteiger partial charge is 0.313 e. The molecule has 2 aliphatic carbocycles. The molecule has 0 aromatic rings. The Labute approximate surface area is 293 Å². The normalized spacial score (nSPS) is 40.7. The van der Waals surface area contributed by atoms with Gasteiger partial charge in [0.05, 0.1) is 42.0 Å². The number of hydrogen-bond acceptors (Lipinski definition) is 9. The topological polar surface area (TPSA) is 147 Å². The van der Waals surface area contributed by atoms with Gasteiger partial charge in [-0.05, 0) is 84.1 Å². The molecule has 2 aliphatic heterocycles. The Balaban J connectivity index is 1.96. The van der Waals surface area contributed by atoms with E-state index in [1.54, 1.807) is 13.8 Å². The Morgan fingerprint density at radius 3 is 2.24 bits per heavy atom. The number of rotatable bonds is 2. The summed E-state index contributed by atoms with van der Waals surface area (Å²) in [5.74, 6) is -3.79. The zero-order chi connectivity index (χ0) is 36.5. The van der Waals surface area contributed by atoms with Crippen molar-refractivity contribution in [1.82, 2.24) is 0 Å². The van der Waals surface area contributed by atoms with E-state index in [0.717, 1.165) is 24.0 Å². The first-order chi connectivity index (χ1) is 22.8. The van der Waals surface area contributed by atoms with E-state index in [1.807, 2.05) is 40.7 Å². The van der Waals surface area contributed by atoms with E-state index in [1.165, 1.54) is 7.11 Å². The fourth-order valence-corrected chi connectivity index (χ4v) is 9.28. The quantitative estimate of drug-likeness (QED) is 0.235. The van der Waals surface area contributed by atoms with Crippen LogP contribution in [0.4, 0.5) is 0 Å². The molecule has 9 nitrogen and oxygen atoms in total. The van der Waals surface area contributed by atoms with E-state index in [0.29, 0.717) is 44.1 Å². The van der Waals surface area contributed by atoms with Crippen molar-refractivity contribution in [2.75, 3.05) is 7.11 Å². The van der Waals surface area contributed by atoms with E-state index in [-0.39, 0.29) is 61.3 Å². The molecule has 2 heterocycles. The average molecular weight is 687 g/mol. The third-order valence-electron chi connectivity index (χ3n) is 12.5. The number of carbonyl (C=O) groups is 4. The lowest BCUT2D eigenvalue weighted by Gasteiger charge is -2.50. The van der Waals surface area contributed by atoms with Crippen LogP contribution in [0.1, 0.15) is 132 Å². The minimum Gasteiger partial charge on any atom is -0.469 e. The largest absolute Gasteiger partial charge is 0.469 e. The van der Waals surface area contributed by atoms with Crippen molar-refractivity contribution in [2.45, 2.75) is 161 Å². The van der Waals surface area contributed by atoms with Crippen LogP contribution in [0.2, 0.25) is 0 Å². The monoisotopic (exact) mass is 686 g/mol. The number of carbonyl (C=O) groups excluding carboxylic acids is 4. The Morgan fingerprint density at radius 2 is 1.59 bits per heavy atom. The summed E-state index contributed by atoms with van der Waals surface area (Å²) < 4.78 is 11.9. The molecule has 4 rings (SSSR count). The Morgan fingerprint density at radius 1 is 0.918 bits per heavy atom. The second-order valence-corrected chi connectivity index (χ2v) is 16.8. The predicted molar refractivity (Wildman–Crippen MR) is 186 cm³/mol. The van der Waals surface area contributed by atoms with Gasteiger partial charge in [-0.1, -0.05) is 50.8 Å². The number of aliphatic hydroxyl groups excluding tert-OH is 1. The SMILES string of the molecule is COC(=O)C12CC(=O)C(C(C)C)CC(=O)C(C)CCCCCC(=O)C1CC(C)=C1C(O)CC(C)(O)C3CCC(C)(O)C(CCC(C)=CC12)O3. The van der Waals surface area contributed by atoms with Crippen LogP contribution in [-0.4, -0.2) is 75.3 Å². The fourth-order valence-electron chi connectivity index (χ4n) is 9.28. The molecule has 1 saturated carbocycles. The molecule has 0 amide bonds. The van der Waals surface area contributed by atoms with Gasteiger partial charge in [0.25, 0.3) is 0 Å². The van der Waals surface area contributed by atoms with Crippen LogP contribution in [0, 0.1) is 35.0 Å². The van der Waals surface area contributed by atoms with Gasteiger partial charge < -0.3 is 24.8 Å². The molecule has 4 aliphatic rings. The minimum absolute atomic E-state index is 0.0342. The molecule has 276 valence electrons. The summed E-state index contributed by atoms with van der Waals surface area (Å²) in [6, 6.07) is 0. The average Bonchev–Trinajstić information content (AvgIpc) is 3.01. The fraction of sp³-hybridized carbons (Fsp3) is 0.800. The van der Waals surface area contributed by atoms with Crippen LogP contribution in [0.25, 0.3) is 0 Å². The summed E-state index contributed by atoms with van der Waals surface area (Å²) in [5, 5.41) is 35.2. The summed E-state index contributed by atoms with van der Waals surface area (Å²) in [4.78, 5) is 56.9. The highest BCUT2D eigenvalue weighted by molar-refractivity contribution is 5.97. The second-order valence-electron chi connectivity index (χ2n) is 16.8. The van der Waals surface area contributed by atoms with Crippen molar-refractivity contribution in [3.63, 3.8) is 0 Å². The lowest BCUT2D eigenvalue weighted by molar-refractivity contribution is -0.219. The van der Waals surface area contributed by atoms with Crippen molar-refractivity contribution in [3.8, 4) is 0 Å².